The van der Waals surface area contributed by atoms with Crippen LogP contribution in [0.2, 0.25) is 0 Å². The molecule has 0 aromatic heterocycles. The number of hydrogen-bond donors (Lipinski definition) is 2. The maximum atomic E-state index is 9.48. The van der Waals surface area contributed by atoms with Gasteiger partial charge in [-0.25, -0.2) is 0 Å². The fourth-order valence-corrected chi connectivity index (χ4v) is 4.60. The molecule has 0 aliphatic carbocycles. The van der Waals surface area contributed by atoms with Crippen molar-refractivity contribution in [3.63, 3.8) is 0 Å². The number of anilines is 1. The average molecular weight is 321 g/mol. The standard InChI is InChI=1S/C20H20NOP/c22-15-17-9-7-8-14-20(17)21-16-23(18-10-3-1-4-11-18)19-12-5-2-6-13-19/h1-14,21-22H,15-16H2. The van der Waals surface area contributed by atoms with Crippen molar-refractivity contribution < 1.29 is 5.11 Å². The molecule has 2 N–H and O–H groups in total. The Morgan fingerprint density at radius 2 is 1.22 bits per heavy atom. The first-order valence-electron chi connectivity index (χ1n) is 7.69. The summed E-state index contributed by atoms with van der Waals surface area (Å²) < 4.78 is 0. The van der Waals surface area contributed by atoms with E-state index in [1.54, 1.807) is 0 Å². The molecule has 3 rings (SSSR count). The first kappa shape index (κ1) is 15.7. The zero-order valence-corrected chi connectivity index (χ0v) is 13.8. The fraction of sp³-hybridized carbons (Fsp3) is 0.100. The summed E-state index contributed by atoms with van der Waals surface area (Å²) >= 11 is 0. The van der Waals surface area contributed by atoms with Crippen molar-refractivity contribution in [2.75, 3.05) is 11.6 Å². The molecule has 116 valence electrons. The van der Waals surface area contributed by atoms with Gasteiger partial charge in [0, 0.05) is 17.5 Å². The smallest absolute Gasteiger partial charge is 0.0701 e. The van der Waals surface area contributed by atoms with Crippen LogP contribution in [0.1, 0.15) is 5.56 Å². The molecule has 0 aliphatic rings. The lowest BCUT2D eigenvalue weighted by molar-refractivity contribution is 0.282. The summed E-state index contributed by atoms with van der Waals surface area (Å²) in [5.74, 6) is 0. The highest BCUT2D eigenvalue weighted by Gasteiger charge is 2.13. The van der Waals surface area contributed by atoms with Gasteiger partial charge >= 0.3 is 0 Å². The summed E-state index contributed by atoms with van der Waals surface area (Å²) in [6.07, 6.45) is 0.848. The van der Waals surface area contributed by atoms with Gasteiger partial charge in [0.2, 0.25) is 0 Å². The van der Waals surface area contributed by atoms with Crippen molar-refractivity contribution in [2.24, 2.45) is 0 Å². The molecule has 0 atom stereocenters. The van der Waals surface area contributed by atoms with Gasteiger partial charge in [0.05, 0.1) is 6.61 Å². The zero-order valence-electron chi connectivity index (χ0n) is 12.9. The predicted molar refractivity (Wildman–Crippen MR) is 99.9 cm³/mol. The summed E-state index contributed by atoms with van der Waals surface area (Å²) in [7, 11) is -0.485. The van der Waals surface area contributed by atoms with Gasteiger partial charge in [-0.05, 0) is 24.6 Å². The summed E-state index contributed by atoms with van der Waals surface area (Å²) in [5, 5.41) is 15.7. The third kappa shape index (κ3) is 3.98. The molecule has 3 heteroatoms. The molecule has 2 nitrogen and oxygen atoms in total. The second-order valence-corrected chi connectivity index (χ2v) is 7.45. The molecule has 23 heavy (non-hydrogen) atoms. The molecule has 3 aromatic carbocycles. The molecule has 0 aliphatic heterocycles. The van der Waals surface area contributed by atoms with E-state index in [2.05, 4.69) is 66.0 Å². The Balaban J connectivity index is 1.85. The molecule has 0 heterocycles. The SMILES string of the molecule is OCc1ccccc1NCP(c1ccccc1)c1ccccc1. The first-order valence-corrected chi connectivity index (χ1v) is 9.21. The molecule has 0 fully saturated rings. The molecule has 0 radical (unpaired) electrons. The van der Waals surface area contributed by atoms with E-state index in [0.717, 1.165) is 17.5 Å². The Bertz CT molecular complexity index is 691. The van der Waals surface area contributed by atoms with Crippen LogP contribution in [-0.2, 0) is 6.61 Å². The minimum Gasteiger partial charge on any atom is -0.392 e. The summed E-state index contributed by atoms with van der Waals surface area (Å²) in [6.45, 7) is 0.0533. The quantitative estimate of drug-likeness (QED) is 0.679. The largest absolute Gasteiger partial charge is 0.392 e. The van der Waals surface area contributed by atoms with Crippen molar-refractivity contribution in [1.29, 1.82) is 0 Å². The van der Waals surface area contributed by atoms with Gasteiger partial charge in [0.1, 0.15) is 0 Å². The Kier molecular flexibility index (Phi) is 5.42. The normalized spacial score (nSPS) is 10.7. The van der Waals surface area contributed by atoms with Crippen LogP contribution in [0.3, 0.4) is 0 Å². The van der Waals surface area contributed by atoms with Crippen molar-refractivity contribution in [1.82, 2.24) is 0 Å². The molecule has 3 aromatic rings. The molecular formula is C20H20NOP. The van der Waals surface area contributed by atoms with E-state index in [-0.39, 0.29) is 6.61 Å². The van der Waals surface area contributed by atoms with Crippen molar-refractivity contribution >= 4 is 24.2 Å². The van der Waals surface area contributed by atoms with E-state index < -0.39 is 7.92 Å². The number of hydrogen-bond acceptors (Lipinski definition) is 2. The molecule has 0 saturated carbocycles. The highest BCUT2D eigenvalue weighted by Crippen LogP contribution is 2.33. The van der Waals surface area contributed by atoms with Crippen molar-refractivity contribution in [3.05, 3.63) is 90.5 Å². The number of rotatable bonds is 6. The van der Waals surface area contributed by atoms with E-state index in [1.165, 1.54) is 10.6 Å². The molecule has 0 bridgehead atoms. The molecule has 0 unspecified atom stereocenters. The lowest BCUT2D eigenvalue weighted by atomic mass is 10.2. The minimum atomic E-state index is -0.485. The molecule has 0 amide bonds. The van der Waals surface area contributed by atoms with Gasteiger partial charge in [-0.1, -0.05) is 78.9 Å². The number of aliphatic hydroxyl groups excluding tert-OH is 1. The highest BCUT2D eigenvalue weighted by molar-refractivity contribution is 7.73. The molecule has 0 saturated heterocycles. The average Bonchev–Trinajstić information content (AvgIpc) is 2.64. The Morgan fingerprint density at radius 1 is 0.696 bits per heavy atom. The topological polar surface area (TPSA) is 32.3 Å². The van der Waals surface area contributed by atoms with Gasteiger partial charge in [0.15, 0.2) is 0 Å². The molecule has 0 spiro atoms. The van der Waals surface area contributed by atoms with E-state index >= 15 is 0 Å². The molecular weight excluding hydrogens is 301 g/mol. The van der Waals surface area contributed by atoms with Crippen LogP contribution in [-0.4, -0.2) is 11.4 Å². The van der Waals surface area contributed by atoms with Crippen LogP contribution in [0.15, 0.2) is 84.9 Å². The van der Waals surface area contributed by atoms with Crippen LogP contribution in [0.25, 0.3) is 0 Å². The van der Waals surface area contributed by atoms with E-state index in [4.69, 9.17) is 0 Å². The lowest BCUT2D eigenvalue weighted by Gasteiger charge is -2.21. The highest BCUT2D eigenvalue weighted by atomic mass is 31.1. The van der Waals surface area contributed by atoms with Gasteiger partial charge < -0.3 is 10.4 Å². The van der Waals surface area contributed by atoms with Gasteiger partial charge in [0.25, 0.3) is 0 Å². The summed E-state index contributed by atoms with van der Waals surface area (Å²) in [4.78, 5) is 0. The van der Waals surface area contributed by atoms with E-state index in [1.807, 2.05) is 24.3 Å². The second kappa shape index (κ2) is 7.92. The Morgan fingerprint density at radius 3 is 1.78 bits per heavy atom. The number of aliphatic hydroxyl groups is 1. The van der Waals surface area contributed by atoms with Crippen LogP contribution in [0, 0.1) is 0 Å². The maximum absolute atomic E-state index is 9.48. The van der Waals surface area contributed by atoms with Crippen LogP contribution < -0.4 is 15.9 Å². The van der Waals surface area contributed by atoms with Crippen LogP contribution >= 0.6 is 7.92 Å². The summed E-state index contributed by atoms with van der Waals surface area (Å²) in [6, 6.07) is 29.2. The first-order chi connectivity index (χ1) is 11.4. The van der Waals surface area contributed by atoms with Crippen molar-refractivity contribution in [3.8, 4) is 0 Å². The predicted octanol–water partition coefficient (Wildman–Crippen LogP) is 3.68. The van der Waals surface area contributed by atoms with Gasteiger partial charge in [-0.15, -0.1) is 0 Å². The monoisotopic (exact) mass is 321 g/mol. The summed E-state index contributed by atoms with van der Waals surface area (Å²) in [5.41, 5.74) is 1.94. The van der Waals surface area contributed by atoms with E-state index in [9.17, 15) is 5.11 Å². The van der Waals surface area contributed by atoms with E-state index in [0.29, 0.717) is 0 Å². The second-order valence-electron chi connectivity index (χ2n) is 5.25. The van der Waals surface area contributed by atoms with Gasteiger partial charge in [-0.3, -0.25) is 0 Å². The van der Waals surface area contributed by atoms with Gasteiger partial charge in [-0.2, -0.15) is 0 Å². The minimum absolute atomic E-state index is 0.0533. The zero-order chi connectivity index (χ0) is 15.9. The number of nitrogens with one attached hydrogen (secondary N) is 1. The van der Waals surface area contributed by atoms with Crippen molar-refractivity contribution in [2.45, 2.75) is 6.61 Å². The fourth-order valence-electron chi connectivity index (χ4n) is 2.54. The number of para-hydroxylation sites is 1. The Labute approximate surface area is 138 Å². The third-order valence-electron chi connectivity index (χ3n) is 3.75. The van der Waals surface area contributed by atoms with Crippen LogP contribution in [0.4, 0.5) is 5.69 Å². The maximum Gasteiger partial charge on any atom is 0.0701 e. The third-order valence-corrected chi connectivity index (χ3v) is 6.07. The van der Waals surface area contributed by atoms with Crippen LogP contribution in [0.5, 0.6) is 0 Å². The Hall–Kier alpha value is -2.15. The lowest BCUT2D eigenvalue weighted by Crippen LogP contribution is -2.18. The number of benzene rings is 3.